The van der Waals surface area contributed by atoms with E-state index < -0.39 is 0 Å². The quantitative estimate of drug-likeness (QED) is 0.785. The zero-order valence-corrected chi connectivity index (χ0v) is 10.7. The van der Waals surface area contributed by atoms with Gasteiger partial charge in [0.15, 0.2) is 0 Å². The van der Waals surface area contributed by atoms with Gasteiger partial charge in [-0.1, -0.05) is 6.92 Å². The minimum Gasteiger partial charge on any atom is -0.327 e. The van der Waals surface area contributed by atoms with Crippen LogP contribution in [-0.4, -0.2) is 54.6 Å². The van der Waals surface area contributed by atoms with Crippen LogP contribution in [0.2, 0.25) is 0 Å². The lowest BCUT2D eigenvalue weighted by atomic mass is 9.98. The summed E-state index contributed by atoms with van der Waals surface area (Å²) in [6.45, 7) is 8.57. The van der Waals surface area contributed by atoms with E-state index >= 15 is 0 Å². The normalized spacial score (nSPS) is 30.8. The molecule has 0 saturated carbocycles. The van der Waals surface area contributed by atoms with E-state index in [9.17, 15) is 0 Å². The minimum absolute atomic E-state index is 0.433. The van der Waals surface area contributed by atoms with Gasteiger partial charge in [-0.15, -0.1) is 0 Å². The molecule has 2 aliphatic rings. The average Bonchev–Trinajstić information content (AvgIpc) is 2.30. The Hall–Kier alpha value is -0.120. The number of hydrogen-bond donors (Lipinski definition) is 1. The first-order chi connectivity index (χ1) is 7.79. The van der Waals surface area contributed by atoms with Crippen LogP contribution in [0.5, 0.6) is 0 Å². The molecule has 0 bridgehead atoms. The van der Waals surface area contributed by atoms with Gasteiger partial charge in [0.05, 0.1) is 0 Å². The number of rotatable bonds is 3. The number of nitrogens with two attached hydrogens (primary N) is 1. The van der Waals surface area contributed by atoms with Crippen LogP contribution in [-0.2, 0) is 0 Å². The van der Waals surface area contributed by atoms with Crippen molar-refractivity contribution in [3.8, 4) is 0 Å². The maximum atomic E-state index is 6.05. The van der Waals surface area contributed by atoms with E-state index in [4.69, 9.17) is 5.73 Å². The van der Waals surface area contributed by atoms with Crippen LogP contribution in [0.25, 0.3) is 0 Å². The molecule has 2 rings (SSSR count). The van der Waals surface area contributed by atoms with Crippen molar-refractivity contribution in [1.82, 2.24) is 9.80 Å². The fourth-order valence-electron chi connectivity index (χ4n) is 3.20. The van der Waals surface area contributed by atoms with Crippen molar-refractivity contribution in [2.24, 2.45) is 5.73 Å². The second kappa shape index (κ2) is 5.99. The van der Waals surface area contributed by atoms with E-state index in [-0.39, 0.29) is 0 Å². The third-order valence-electron chi connectivity index (χ3n) is 4.10. The fraction of sp³-hybridized carbons (Fsp3) is 1.00. The van der Waals surface area contributed by atoms with Crippen molar-refractivity contribution < 1.29 is 0 Å². The lowest BCUT2D eigenvalue weighted by Crippen LogP contribution is -2.51. The second-order valence-electron chi connectivity index (χ2n) is 5.47. The van der Waals surface area contributed by atoms with Crippen molar-refractivity contribution >= 4 is 0 Å². The van der Waals surface area contributed by atoms with Crippen LogP contribution in [0.1, 0.15) is 39.0 Å². The predicted molar refractivity (Wildman–Crippen MR) is 68.5 cm³/mol. The Kier molecular flexibility index (Phi) is 4.62. The first kappa shape index (κ1) is 12.3. The summed E-state index contributed by atoms with van der Waals surface area (Å²) in [6.07, 6.45) is 6.53. The molecule has 0 aromatic rings. The summed E-state index contributed by atoms with van der Waals surface area (Å²) in [6, 6.07) is 1.25. The summed E-state index contributed by atoms with van der Waals surface area (Å²) in [7, 11) is 0. The number of piperidine rings is 2. The highest BCUT2D eigenvalue weighted by Gasteiger charge is 2.27. The van der Waals surface area contributed by atoms with Gasteiger partial charge in [-0.3, -0.25) is 4.90 Å². The van der Waals surface area contributed by atoms with Gasteiger partial charge in [-0.25, -0.2) is 0 Å². The Balaban J connectivity index is 1.75. The maximum Gasteiger partial charge on any atom is 0.0168 e. The van der Waals surface area contributed by atoms with Gasteiger partial charge in [0, 0.05) is 18.6 Å². The van der Waals surface area contributed by atoms with Crippen LogP contribution in [0, 0.1) is 0 Å². The molecule has 2 aliphatic heterocycles. The molecule has 3 heteroatoms. The van der Waals surface area contributed by atoms with E-state index in [1.807, 2.05) is 0 Å². The summed E-state index contributed by atoms with van der Waals surface area (Å²) in [5, 5.41) is 0. The summed E-state index contributed by atoms with van der Waals surface area (Å²) in [4.78, 5) is 5.26. The van der Waals surface area contributed by atoms with Gasteiger partial charge in [0.1, 0.15) is 0 Å². The molecule has 3 nitrogen and oxygen atoms in total. The zero-order chi connectivity index (χ0) is 11.4. The summed E-state index contributed by atoms with van der Waals surface area (Å²) >= 11 is 0. The van der Waals surface area contributed by atoms with E-state index in [1.54, 1.807) is 0 Å². The highest BCUT2D eigenvalue weighted by molar-refractivity contribution is 4.84. The Labute approximate surface area is 100.0 Å². The van der Waals surface area contributed by atoms with Gasteiger partial charge >= 0.3 is 0 Å². The summed E-state index contributed by atoms with van der Waals surface area (Å²) in [5.74, 6) is 0. The minimum atomic E-state index is 0.433. The SMILES string of the molecule is CCCN1CCC(N2CCCC(N)C2)CC1. The second-order valence-corrected chi connectivity index (χ2v) is 5.47. The first-order valence-corrected chi connectivity index (χ1v) is 7.01. The summed E-state index contributed by atoms with van der Waals surface area (Å²) in [5.41, 5.74) is 6.05. The van der Waals surface area contributed by atoms with Crippen molar-refractivity contribution in [2.75, 3.05) is 32.7 Å². The van der Waals surface area contributed by atoms with Crippen LogP contribution in [0.3, 0.4) is 0 Å². The molecule has 0 aromatic carbocycles. The highest BCUT2D eigenvalue weighted by Crippen LogP contribution is 2.20. The number of nitrogens with zero attached hydrogens (tertiary/aromatic N) is 2. The monoisotopic (exact) mass is 225 g/mol. The van der Waals surface area contributed by atoms with Gasteiger partial charge in [-0.05, 0) is 58.3 Å². The van der Waals surface area contributed by atoms with E-state index in [0.29, 0.717) is 6.04 Å². The first-order valence-electron chi connectivity index (χ1n) is 7.01. The summed E-state index contributed by atoms with van der Waals surface area (Å²) < 4.78 is 0. The molecule has 0 aromatic heterocycles. The Morgan fingerprint density at radius 1 is 1.12 bits per heavy atom. The maximum absolute atomic E-state index is 6.05. The Morgan fingerprint density at radius 2 is 1.88 bits per heavy atom. The third kappa shape index (κ3) is 3.19. The number of hydrogen-bond acceptors (Lipinski definition) is 3. The van der Waals surface area contributed by atoms with Crippen molar-refractivity contribution in [1.29, 1.82) is 0 Å². The molecule has 2 heterocycles. The van der Waals surface area contributed by atoms with Crippen molar-refractivity contribution in [2.45, 2.75) is 51.1 Å². The van der Waals surface area contributed by atoms with E-state index in [2.05, 4.69) is 16.7 Å². The molecule has 16 heavy (non-hydrogen) atoms. The van der Waals surface area contributed by atoms with Crippen LogP contribution >= 0.6 is 0 Å². The zero-order valence-electron chi connectivity index (χ0n) is 10.7. The Bertz CT molecular complexity index is 199. The third-order valence-corrected chi connectivity index (χ3v) is 4.10. The smallest absolute Gasteiger partial charge is 0.0168 e. The van der Waals surface area contributed by atoms with Crippen LogP contribution in [0.4, 0.5) is 0 Å². The molecular formula is C13H27N3. The molecule has 1 atom stereocenters. The molecule has 2 N–H and O–H groups in total. The van der Waals surface area contributed by atoms with E-state index in [0.717, 1.165) is 12.6 Å². The molecule has 2 fully saturated rings. The average molecular weight is 225 g/mol. The lowest BCUT2D eigenvalue weighted by Gasteiger charge is -2.41. The van der Waals surface area contributed by atoms with Gasteiger partial charge < -0.3 is 10.6 Å². The topological polar surface area (TPSA) is 32.5 Å². The van der Waals surface area contributed by atoms with Gasteiger partial charge in [0.2, 0.25) is 0 Å². The fourth-order valence-corrected chi connectivity index (χ4v) is 3.20. The molecule has 0 spiro atoms. The molecule has 0 radical (unpaired) electrons. The van der Waals surface area contributed by atoms with Crippen molar-refractivity contribution in [3.05, 3.63) is 0 Å². The molecule has 2 saturated heterocycles. The molecule has 94 valence electrons. The molecule has 1 unspecified atom stereocenters. The molecule has 0 aliphatic carbocycles. The van der Waals surface area contributed by atoms with Crippen LogP contribution < -0.4 is 5.73 Å². The van der Waals surface area contributed by atoms with E-state index in [1.165, 1.54) is 58.3 Å². The van der Waals surface area contributed by atoms with Gasteiger partial charge in [0.25, 0.3) is 0 Å². The van der Waals surface area contributed by atoms with Gasteiger partial charge in [-0.2, -0.15) is 0 Å². The highest BCUT2D eigenvalue weighted by atomic mass is 15.2. The lowest BCUT2D eigenvalue weighted by molar-refractivity contribution is 0.0859. The van der Waals surface area contributed by atoms with Crippen LogP contribution in [0.15, 0.2) is 0 Å². The molecular weight excluding hydrogens is 198 g/mol. The Morgan fingerprint density at radius 3 is 2.50 bits per heavy atom. The molecule has 0 amide bonds. The predicted octanol–water partition coefficient (Wildman–Crippen LogP) is 1.28. The standard InChI is InChI=1S/C13H27N3/c1-2-7-15-9-5-13(6-10-15)16-8-3-4-12(14)11-16/h12-13H,2-11,14H2,1H3. The van der Waals surface area contributed by atoms with Crippen molar-refractivity contribution in [3.63, 3.8) is 0 Å². The number of likely N-dealkylation sites (tertiary alicyclic amines) is 2. The largest absolute Gasteiger partial charge is 0.327 e.